The maximum absolute atomic E-state index is 14.0. The molecule has 39 heavy (non-hydrogen) atoms. The van der Waals surface area contributed by atoms with Crippen molar-refractivity contribution < 1.29 is 18.7 Å². The van der Waals surface area contributed by atoms with E-state index >= 15 is 0 Å². The molecule has 7 nitrogen and oxygen atoms in total. The van der Waals surface area contributed by atoms with Crippen molar-refractivity contribution in [3.8, 4) is 11.5 Å². The van der Waals surface area contributed by atoms with Crippen LogP contribution in [-0.2, 0) is 6.61 Å². The van der Waals surface area contributed by atoms with Crippen molar-refractivity contribution in [1.29, 1.82) is 0 Å². The molecule has 1 atom stereocenters. The van der Waals surface area contributed by atoms with Crippen LogP contribution in [0, 0.1) is 5.82 Å². The molecule has 6 rings (SSSR count). The standard InChI is InChI=1S/C31H26FN3O4/c32-24-14-12-23(13-15-24)28-25-10-4-5-11-27(25)38-19-7-6-17-33-21-35(28)34-18-16-26(36)30(29(34)31(33)37)39-20-22-8-2-1-3-9-22/h1-16,18,28H,17,19-21H2/b7-6-. The minimum absolute atomic E-state index is 0.0118. The molecule has 0 spiro atoms. The van der Waals surface area contributed by atoms with Gasteiger partial charge in [0.25, 0.3) is 5.91 Å². The second kappa shape index (κ2) is 10.5. The predicted octanol–water partition coefficient (Wildman–Crippen LogP) is 4.66. The molecule has 0 saturated carbocycles. The van der Waals surface area contributed by atoms with E-state index in [4.69, 9.17) is 9.47 Å². The van der Waals surface area contributed by atoms with E-state index < -0.39 is 6.04 Å². The number of pyridine rings is 1. The van der Waals surface area contributed by atoms with Crippen molar-refractivity contribution in [2.75, 3.05) is 24.8 Å². The second-order valence-electron chi connectivity index (χ2n) is 9.36. The first kappa shape index (κ1) is 24.5. The van der Waals surface area contributed by atoms with Crippen LogP contribution >= 0.6 is 0 Å². The highest BCUT2D eigenvalue weighted by molar-refractivity contribution is 5.96. The number of carbonyl (C=O) groups excluding carboxylic acids is 1. The summed E-state index contributed by atoms with van der Waals surface area (Å²) in [7, 11) is 0. The third-order valence-electron chi connectivity index (χ3n) is 6.87. The first-order chi connectivity index (χ1) is 19.1. The summed E-state index contributed by atoms with van der Waals surface area (Å²) >= 11 is 0. The van der Waals surface area contributed by atoms with Crippen LogP contribution in [0.2, 0.25) is 0 Å². The summed E-state index contributed by atoms with van der Waals surface area (Å²) in [5.74, 6) is -0.00418. The molecule has 3 aromatic carbocycles. The summed E-state index contributed by atoms with van der Waals surface area (Å²) in [5, 5.41) is 1.97. The van der Waals surface area contributed by atoms with Gasteiger partial charge in [-0.15, -0.1) is 0 Å². The van der Waals surface area contributed by atoms with E-state index in [1.54, 1.807) is 27.9 Å². The first-order valence-electron chi connectivity index (χ1n) is 12.7. The fourth-order valence-electron chi connectivity index (χ4n) is 4.99. The lowest BCUT2D eigenvalue weighted by molar-refractivity contribution is 0.0698. The van der Waals surface area contributed by atoms with Gasteiger partial charge < -0.3 is 14.4 Å². The minimum Gasteiger partial charge on any atom is -0.489 e. The van der Waals surface area contributed by atoms with Gasteiger partial charge in [-0.25, -0.2) is 4.39 Å². The number of fused-ring (bicyclic) bond motifs is 5. The van der Waals surface area contributed by atoms with Crippen LogP contribution in [0.5, 0.6) is 11.5 Å². The van der Waals surface area contributed by atoms with Crippen LogP contribution < -0.4 is 19.9 Å². The summed E-state index contributed by atoms with van der Waals surface area (Å²) in [6.45, 7) is 0.990. The van der Waals surface area contributed by atoms with Crippen LogP contribution in [0.15, 0.2) is 108 Å². The lowest BCUT2D eigenvalue weighted by Gasteiger charge is -2.44. The molecule has 0 radical (unpaired) electrons. The van der Waals surface area contributed by atoms with Crippen LogP contribution in [-0.4, -0.2) is 35.3 Å². The van der Waals surface area contributed by atoms with Gasteiger partial charge in [0.05, 0.1) is 0 Å². The van der Waals surface area contributed by atoms with Gasteiger partial charge in [-0.05, 0) is 35.4 Å². The van der Waals surface area contributed by atoms with Crippen molar-refractivity contribution >= 4 is 5.91 Å². The lowest BCUT2D eigenvalue weighted by Crippen LogP contribution is -2.55. The van der Waals surface area contributed by atoms with Crippen molar-refractivity contribution in [2.24, 2.45) is 0 Å². The number of halogens is 1. The van der Waals surface area contributed by atoms with Crippen molar-refractivity contribution in [2.45, 2.75) is 12.6 Å². The van der Waals surface area contributed by atoms with Gasteiger partial charge in [-0.3, -0.25) is 19.3 Å². The van der Waals surface area contributed by atoms with E-state index in [9.17, 15) is 14.0 Å². The molecule has 2 aliphatic heterocycles. The lowest BCUT2D eigenvalue weighted by atomic mass is 9.97. The molecule has 0 fully saturated rings. The van der Waals surface area contributed by atoms with Crippen molar-refractivity contribution in [1.82, 2.24) is 9.58 Å². The van der Waals surface area contributed by atoms with Gasteiger partial charge in [0.2, 0.25) is 5.43 Å². The molecular formula is C31H26FN3O4. The summed E-state index contributed by atoms with van der Waals surface area (Å²) < 4.78 is 27.8. The van der Waals surface area contributed by atoms with Gasteiger partial charge >= 0.3 is 0 Å². The number of aromatic nitrogens is 1. The van der Waals surface area contributed by atoms with Crippen molar-refractivity contribution in [3.63, 3.8) is 0 Å². The van der Waals surface area contributed by atoms with E-state index in [1.165, 1.54) is 18.2 Å². The minimum atomic E-state index is -0.473. The number of para-hydroxylation sites is 1. The highest BCUT2D eigenvalue weighted by Gasteiger charge is 2.37. The SMILES string of the molecule is O=C1c2c(OCc3ccccc3)c(=O)ccn2N2CN1C/C=C\COc1ccccc1C2c1ccc(F)cc1. The zero-order valence-corrected chi connectivity index (χ0v) is 21.1. The molecule has 4 aromatic rings. The fraction of sp³-hybridized carbons (Fsp3) is 0.161. The Labute approximate surface area is 224 Å². The maximum atomic E-state index is 14.0. The molecule has 2 bridgehead atoms. The van der Waals surface area contributed by atoms with Crippen LogP contribution in [0.1, 0.15) is 33.2 Å². The Bertz CT molecular complexity index is 1580. The molecule has 8 heteroatoms. The molecule has 1 aromatic heterocycles. The summed E-state index contributed by atoms with van der Waals surface area (Å²) in [6, 6.07) is 24.4. The molecule has 1 unspecified atom stereocenters. The van der Waals surface area contributed by atoms with Crippen molar-refractivity contribution in [3.05, 3.63) is 142 Å². The number of ether oxygens (including phenoxy) is 2. The predicted molar refractivity (Wildman–Crippen MR) is 145 cm³/mol. The van der Waals surface area contributed by atoms with E-state index in [1.807, 2.05) is 71.8 Å². The molecule has 3 heterocycles. The average molecular weight is 524 g/mol. The highest BCUT2D eigenvalue weighted by atomic mass is 19.1. The van der Waals surface area contributed by atoms with Crippen LogP contribution in [0.25, 0.3) is 0 Å². The number of carbonyl (C=O) groups is 1. The normalized spacial score (nSPS) is 17.4. The Hall–Kier alpha value is -4.85. The number of amides is 1. The average Bonchev–Trinajstić information content (AvgIpc) is 2.99. The zero-order chi connectivity index (χ0) is 26.8. The molecule has 0 aliphatic carbocycles. The Kier molecular flexibility index (Phi) is 6.59. The highest BCUT2D eigenvalue weighted by Crippen LogP contribution is 2.37. The summed E-state index contributed by atoms with van der Waals surface area (Å²) in [4.78, 5) is 28.6. The maximum Gasteiger partial charge on any atom is 0.278 e. The Morgan fingerprint density at radius 1 is 0.897 bits per heavy atom. The quantitative estimate of drug-likeness (QED) is 0.364. The molecule has 196 valence electrons. The van der Waals surface area contributed by atoms with E-state index in [0.29, 0.717) is 18.9 Å². The molecular weight excluding hydrogens is 497 g/mol. The van der Waals surface area contributed by atoms with Gasteiger partial charge in [-0.1, -0.05) is 66.7 Å². The molecule has 2 aliphatic rings. The van der Waals surface area contributed by atoms with E-state index in [-0.39, 0.29) is 41.9 Å². The monoisotopic (exact) mass is 523 g/mol. The topological polar surface area (TPSA) is 64.0 Å². The number of nitrogens with zero attached hydrogens (tertiary/aromatic N) is 3. The van der Waals surface area contributed by atoms with Crippen LogP contribution in [0.3, 0.4) is 0 Å². The second-order valence-corrected chi connectivity index (χ2v) is 9.36. The Morgan fingerprint density at radius 3 is 2.49 bits per heavy atom. The molecule has 0 N–H and O–H groups in total. The third-order valence-corrected chi connectivity index (χ3v) is 6.87. The number of benzene rings is 3. The van der Waals surface area contributed by atoms with E-state index in [0.717, 1.165) is 16.7 Å². The number of hydrogen-bond donors (Lipinski definition) is 0. The third kappa shape index (κ3) is 4.77. The van der Waals surface area contributed by atoms with Gasteiger partial charge in [0.1, 0.15) is 37.5 Å². The Balaban J connectivity index is 1.54. The first-order valence-corrected chi connectivity index (χ1v) is 12.7. The number of hydrogen-bond acceptors (Lipinski definition) is 5. The van der Waals surface area contributed by atoms with Gasteiger partial charge in [0, 0.05) is 24.4 Å². The largest absolute Gasteiger partial charge is 0.489 e. The fourth-order valence-corrected chi connectivity index (χ4v) is 4.99. The molecule has 1 amide bonds. The van der Waals surface area contributed by atoms with Gasteiger partial charge in [0.15, 0.2) is 11.4 Å². The van der Waals surface area contributed by atoms with E-state index in [2.05, 4.69) is 0 Å². The van der Waals surface area contributed by atoms with Gasteiger partial charge in [-0.2, -0.15) is 0 Å². The zero-order valence-electron chi connectivity index (χ0n) is 21.1. The summed E-state index contributed by atoms with van der Waals surface area (Å²) in [5.41, 5.74) is 2.27. The smallest absolute Gasteiger partial charge is 0.278 e. The summed E-state index contributed by atoms with van der Waals surface area (Å²) in [6.07, 6.45) is 5.34. The Morgan fingerprint density at radius 2 is 1.67 bits per heavy atom. The molecule has 0 saturated heterocycles. The number of rotatable bonds is 4. The van der Waals surface area contributed by atoms with Crippen LogP contribution in [0.4, 0.5) is 4.39 Å².